The van der Waals surface area contributed by atoms with Crippen LogP contribution in [-0.2, 0) is 4.79 Å². The van der Waals surface area contributed by atoms with Gasteiger partial charge in [-0.1, -0.05) is 26.0 Å². The summed E-state index contributed by atoms with van der Waals surface area (Å²) in [5.74, 6) is 0.860. The third kappa shape index (κ3) is 3.46. The van der Waals surface area contributed by atoms with Crippen LogP contribution in [0.3, 0.4) is 0 Å². The van der Waals surface area contributed by atoms with Crippen molar-refractivity contribution in [2.75, 3.05) is 18.0 Å². The van der Waals surface area contributed by atoms with Crippen LogP contribution < -0.4 is 10.3 Å². The van der Waals surface area contributed by atoms with E-state index in [4.69, 9.17) is 0 Å². The Kier molecular flexibility index (Phi) is 4.79. The summed E-state index contributed by atoms with van der Waals surface area (Å²) in [6.45, 7) is 11.1. The second-order valence-electron chi connectivity index (χ2n) is 10.4. The second kappa shape index (κ2) is 6.89. The van der Waals surface area contributed by atoms with Crippen molar-refractivity contribution in [2.24, 2.45) is 27.3 Å². The molecule has 4 nitrogen and oxygen atoms in total. The van der Waals surface area contributed by atoms with E-state index >= 15 is 0 Å². The third-order valence-electron chi connectivity index (χ3n) is 7.51. The molecule has 4 heteroatoms. The Bertz CT molecular complexity index is 747. The van der Waals surface area contributed by atoms with Gasteiger partial charge in [-0.25, -0.2) is 5.43 Å². The molecule has 0 aliphatic heterocycles. The third-order valence-corrected chi connectivity index (χ3v) is 7.51. The number of rotatable bonds is 6. The quantitative estimate of drug-likeness (QED) is 0.558. The zero-order chi connectivity index (χ0) is 20.0. The van der Waals surface area contributed by atoms with Crippen molar-refractivity contribution in [1.82, 2.24) is 5.43 Å². The molecule has 152 valence electrons. The van der Waals surface area contributed by atoms with Crippen LogP contribution in [0.15, 0.2) is 29.4 Å². The molecule has 0 heterocycles. The van der Waals surface area contributed by atoms with Crippen LogP contribution in [0.2, 0.25) is 0 Å². The van der Waals surface area contributed by atoms with E-state index in [1.807, 2.05) is 0 Å². The van der Waals surface area contributed by atoms with Crippen LogP contribution in [-0.4, -0.2) is 25.2 Å². The molecule has 1 aromatic rings. The average molecular weight is 382 g/mol. The van der Waals surface area contributed by atoms with Crippen LogP contribution in [0.1, 0.15) is 71.8 Å². The summed E-state index contributed by atoms with van der Waals surface area (Å²) in [6, 6.07) is 8.38. The number of nitrogens with zero attached hydrogens (tertiary/aromatic N) is 2. The Morgan fingerprint density at radius 3 is 2.21 bits per heavy atom. The van der Waals surface area contributed by atoms with Gasteiger partial charge in [0.15, 0.2) is 0 Å². The molecule has 5 rings (SSSR count). The molecule has 28 heavy (non-hydrogen) atoms. The lowest BCUT2D eigenvalue weighted by Crippen LogP contribution is -2.59. The Morgan fingerprint density at radius 1 is 1.07 bits per heavy atom. The minimum absolute atomic E-state index is 0.144. The van der Waals surface area contributed by atoms with Crippen LogP contribution >= 0.6 is 0 Å². The maximum Gasteiger partial charge on any atom is 0.246 e. The van der Waals surface area contributed by atoms with E-state index in [1.54, 1.807) is 6.21 Å². The van der Waals surface area contributed by atoms with Gasteiger partial charge in [0.25, 0.3) is 0 Å². The Balaban J connectivity index is 1.42. The molecule has 0 spiro atoms. The molecule has 4 saturated carbocycles. The highest BCUT2D eigenvalue weighted by Gasteiger charge is 2.62. The van der Waals surface area contributed by atoms with Gasteiger partial charge in [0.05, 0.1) is 11.6 Å². The lowest BCUT2D eigenvalue weighted by atomic mass is 9.40. The van der Waals surface area contributed by atoms with Crippen molar-refractivity contribution in [3.8, 4) is 0 Å². The molecule has 1 amide bonds. The van der Waals surface area contributed by atoms with Gasteiger partial charge in [0.1, 0.15) is 0 Å². The lowest BCUT2D eigenvalue weighted by Gasteiger charge is -2.64. The van der Waals surface area contributed by atoms with E-state index in [-0.39, 0.29) is 11.3 Å². The molecule has 0 radical (unpaired) electrons. The second-order valence-corrected chi connectivity index (χ2v) is 10.4. The number of carbonyl (C=O) groups excluding carboxylic acids is 1. The number of hydrogen-bond acceptors (Lipinski definition) is 3. The summed E-state index contributed by atoms with van der Waals surface area (Å²) < 4.78 is 0. The van der Waals surface area contributed by atoms with Crippen molar-refractivity contribution in [1.29, 1.82) is 0 Å². The number of hydrazone groups is 1. The van der Waals surface area contributed by atoms with Gasteiger partial charge in [0, 0.05) is 18.8 Å². The molecule has 4 aliphatic rings. The highest BCUT2D eigenvalue weighted by Crippen LogP contribution is 2.69. The molecule has 1 N–H and O–H groups in total. The normalized spacial score (nSPS) is 36.1. The molecule has 2 unspecified atom stereocenters. The van der Waals surface area contributed by atoms with Gasteiger partial charge in [-0.15, -0.1) is 0 Å². The highest BCUT2D eigenvalue weighted by molar-refractivity contribution is 5.86. The van der Waals surface area contributed by atoms with Crippen LogP contribution in [0.4, 0.5) is 5.69 Å². The molecular formula is C24H35N3O. The molecule has 4 fully saturated rings. The van der Waals surface area contributed by atoms with E-state index in [0.717, 1.165) is 37.9 Å². The molecule has 0 saturated heterocycles. The predicted molar refractivity (Wildman–Crippen MR) is 116 cm³/mol. The molecule has 4 aliphatic carbocycles. The molecule has 1 aromatic carbocycles. The van der Waals surface area contributed by atoms with E-state index in [9.17, 15) is 4.79 Å². The SMILES string of the molecule is CCN(CC)c1ccc(/C=N/NC(=O)C23CC4CC(C)(CC(C)(C4)C2)C3)cc1. The zero-order valence-electron chi connectivity index (χ0n) is 17.9. The van der Waals surface area contributed by atoms with Gasteiger partial charge < -0.3 is 4.90 Å². The monoisotopic (exact) mass is 381 g/mol. The molecular weight excluding hydrogens is 346 g/mol. The first-order chi connectivity index (χ1) is 13.3. The Labute approximate surface area is 169 Å². The topological polar surface area (TPSA) is 44.7 Å². The molecule has 0 aromatic heterocycles. The van der Waals surface area contributed by atoms with Gasteiger partial charge >= 0.3 is 0 Å². The number of nitrogens with one attached hydrogen (secondary N) is 1. The minimum atomic E-state index is -0.202. The fraction of sp³-hybridized carbons (Fsp3) is 0.667. The number of benzene rings is 1. The standard InChI is InChI=1S/C24H35N3O/c1-5-27(6-2)20-9-7-18(8-10-20)14-25-26-21(28)24-13-19-11-22(3,16-24)15-23(4,12-19)17-24/h7-10,14,19H,5-6,11-13,15-17H2,1-4H3,(H,26,28)/b25-14+. The first-order valence-corrected chi connectivity index (χ1v) is 11.0. The summed E-state index contributed by atoms with van der Waals surface area (Å²) in [4.78, 5) is 15.5. The highest BCUT2D eigenvalue weighted by atomic mass is 16.2. The number of carbonyl (C=O) groups is 1. The number of amides is 1. The fourth-order valence-corrected chi connectivity index (χ4v) is 7.34. The van der Waals surface area contributed by atoms with Crippen molar-refractivity contribution < 1.29 is 4.79 Å². The molecule has 4 bridgehead atoms. The minimum Gasteiger partial charge on any atom is -0.372 e. The first-order valence-electron chi connectivity index (χ1n) is 11.0. The molecule has 2 atom stereocenters. The number of anilines is 1. The smallest absolute Gasteiger partial charge is 0.246 e. The van der Waals surface area contributed by atoms with Crippen molar-refractivity contribution in [3.05, 3.63) is 29.8 Å². The Hall–Kier alpha value is -1.84. The maximum atomic E-state index is 13.2. The zero-order valence-corrected chi connectivity index (χ0v) is 17.9. The summed E-state index contributed by atoms with van der Waals surface area (Å²) >= 11 is 0. The van der Waals surface area contributed by atoms with Crippen LogP contribution in [0.5, 0.6) is 0 Å². The van der Waals surface area contributed by atoms with Crippen molar-refractivity contribution in [2.45, 2.75) is 66.2 Å². The summed E-state index contributed by atoms with van der Waals surface area (Å²) in [5, 5.41) is 4.32. The largest absolute Gasteiger partial charge is 0.372 e. The van der Waals surface area contributed by atoms with E-state index in [2.05, 4.69) is 67.4 Å². The van der Waals surface area contributed by atoms with E-state index < -0.39 is 0 Å². The predicted octanol–water partition coefficient (Wildman–Crippen LogP) is 4.98. The first kappa shape index (κ1) is 19.5. The van der Waals surface area contributed by atoms with Gasteiger partial charge in [0.2, 0.25) is 5.91 Å². The van der Waals surface area contributed by atoms with Crippen LogP contribution in [0, 0.1) is 22.2 Å². The average Bonchev–Trinajstić information content (AvgIpc) is 2.61. The summed E-state index contributed by atoms with van der Waals surface area (Å²) in [6.07, 6.45) is 8.79. The van der Waals surface area contributed by atoms with Crippen molar-refractivity contribution in [3.63, 3.8) is 0 Å². The van der Waals surface area contributed by atoms with Crippen LogP contribution in [0.25, 0.3) is 0 Å². The Morgan fingerprint density at radius 2 is 1.68 bits per heavy atom. The van der Waals surface area contributed by atoms with Gasteiger partial charge in [-0.05, 0) is 86.8 Å². The summed E-state index contributed by atoms with van der Waals surface area (Å²) in [7, 11) is 0. The van der Waals surface area contributed by atoms with Gasteiger partial charge in [-0.2, -0.15) is 5.10 Å². The maximum absolute atomic E-state index is 13.2. The fourth-order valence-electron chi connectivity index (χ4n) is 7.34. The number of hydrogen-bond donors (Lipinski definition) is 1. The lowest BCUT2D eigenvalue weighted by molar-refractivity contribution is -0.170. The van der Waals surface area contributed by atoms with E-state index in [0.29, 0.717) is 16.7 Å². The van der Waals surface area contributed by atoms with E-state index in [1.165, 1.54) is 24.9 Å². The van der Waals surface area contributed by atoms with Gasteiger partial charge in [-0.3, -0.25) is 4.79 Å². The summed E-state index contributed by atoms with van der Waals surface area (Å²) in [5.41, 5.74) is 5.62. The van der Waals surface area contributed by atoms with Crippen molar-refractivity contribution >= 4 is 17.8 Å².